The summed E-state index contributed by atoms with van der Waals surface area (Å²) in [4.78, 5) is 6.93. The lowest BCUT2D eigenvalue weighted by atomic mass is 10.2. The number of alkyl halides is 1. The average Bonchev–Trinajstić information content (AvgIpc) is 2.66. The Balaban J connectivity index is 2.45. The molecule has 0 aliphatic rings. The molecule has 0 saturated carbocycles. The molecule has 3 nitrogen and oxygen atoms in total. The fourth-order valence-corrected chi connectivity index (χ4v) is 2.62. The Morgan fingerprint density at radius 2 is 2.18 bits per heavy atom. The Morgan fingerprint density at radius 3 is 2.82 bits per heavy atom. The van der Waals surface area contributed by atoms with Crippen LogP contribution in [0.4, 0.5) is 5.82 Å². The van der Waals surface area contributed by atoms with E-state index in [-0.39, 0.29) is 0 Å². The maximum Gasteiger partial charge on any atom is 0.151 e. The lowest BCUT2D eigenvalue weighted by Gasteiger charge is -2.20. The van der Waals surface area contributed by atoms with Gasteiger partial charge < -0.3 is 9.30 Å². The van der Waals surface area contributed by atoms with Gasteiger partial charge in [-0.2, -0.15) is 0 Å². The number of anilines is 1. The maximum absolute atomic E-state index is 4.70. The van der Waals surface area contributed by atoms with E-state index in [0.717, 1.165) is 23.3 Å². The van der Waals surface area contributed by atoms with Crippen LogP contribution < -0.4 is 4.90 Å². The average molecular weight is 296 g/mol. The molecule has 17 heavy (non-hydrogen) atoms. The van der Waals surface area contributed by atoms with Crippen molar-refractivity contribution in [1.82, 2.24) is 9.38 Å². The molecule has 2 heterocycles. The number of halogens is 1. The maximum atomic E-state index is 4.70. The molecule has 0 aliphatic heterocycles. The van der Waals surface area contributed by atoms with Crippen molar-refractivity contribution >= 4 is 27.4 Å². The second-order valence-electron chi connectivity index (χ2n) is 4.72. The monoisotopic (exact) mass is 295 g/mol. The largest absolute Gasteiger partial charge is 0.358 e. The molecule has 0 atom stereocenters. The third-order valence-corrected chi connectivity index (χ3v) is 3.27. The lowest BCUT2D eigenvalue weighted by Crippen LogP contribution is -2.23. The SMILES string of the molecule is CC(C)CN(C)c1nc2ccccn2c1CBr. The lowest BCUT2D eigenvalue weighted by molar-refractivity contribution is 0.634. The van der Waals surface area contributed by atoms with Gasteiger partial charge in [-0.15, -0.1) is 0 Å². The summed E-state index contributed by atoms with van der Waals surface area (Å²) in [7, 11) is 2.11. The van der Waals surface area contributed by atoms with E-state index < -0.39 is 0 Å². The zero-order valence-electron chi connectivity index (χ0n) is 10.5. The highest BCUT2D eigenvalue weighted by atomic mass is 79.9. The summed E-state index contributed by atoms with van der Waals surface area (Å²) < 4.78 is 2.14. The van der Waals surface area contributed by atoms with Crippen LogP contribution in [0.1, 0.15) is 19.5 Å². The summed E-state index contributed by atoms with van der Waals surface area (Å²) in [5.41, 5.74) is 2.22. The normalized spacial score (nSPS) is 11.4. The zero-order chi connectivity index (χ0) is 12.4. The summed E-state index contributed by atoms with van der Waals surface area (Å²) >= 11 is 3.56. The molecule has 0 aromatic carbocycles. The first-order chi connectivity index (χ1) is 8.13. The molecule has 2 aromatic heterocycles. The van der Waals surface area contributed by atoms with Crippen LogP contribution in [0.3, 0.4) is 0 Å². The minimum atomic E-state index is 0.632. The van der Waals surface area contributed by atoms with Crippen LogP contribution >= 0.6 is 15.9 Å². The predicted octanol–water partition coefficient (Wildman–Crippen LogP) is 3.32. The number of hydrogen-bond donors (Lipinski definition) is 0. The van der Waals surface area contributed by atoms with E-state index in [4.69, 9.17) is 4.98 Å². The van der Waals surface area contributed by atoms with Gasteiger partial charge in [-0.1, -0.05) is 35.8 Å². The molecule has 2 rings (SSSR count). The van der Waals surface area contributed by atoms with Crippen LogP contribution in [0, 0.1) is 5.92 Å². The molecule has 0 saturated heterocycles. The summed E-state index contributed by atoms with van der Waals surface area (Å²) in [5, 5.41) is 0.815. The van der Waals surface area contributed by atoms with Gasteiger partial charge in [0.05, 0.1) is 5.69 Å². The van der Waals surface area contributed by atoms with Crippen molar-refractivity contribution in [3.63, 3.8) is 0 Å². The van der Waals surface area contributed by atoms with Gasteiger partial charge in [-0.3, -0.25) is 0 Å². The second kappa shape index (κ2) is 5.08. The number of hydrogen-bond acceptors (Lipinski definition) is 2. The van der Waals surface area contributed by atoms with Gasteiger partial charge in [0, 0.05) is 25.1 Å². The molecule has 0 aliphatic carbocycles. The highest BCUT2D eigenvalue weighted by Crippen LogP contribution is 2.23. The standard InChI is InChI=1S/C13H18BrN3/c1-10(2)9-16(3)13-11(8-14)17-7-5-4-6-12(17)15-13/h4-7,10H,8-9H2,1-3H3. The van der Waals surface area contributed by atoms with Crippen LogP contribution in [-0.2, 0) is 5.33 Å². The van der Waals surface area contributed by atoms with Crippen molar-refractivity contribution < 1.29 is 0 Å². The first-order valence-electron chi connectivity index (χ1n) is 5.86. The Morgan fingerprint density at radius 1 is 1.41 bits per heavy atom. The third kappa shape index (κ3) is 2.46. The second-order valence-corrected chi connectivity index (χ2v) is 5.28. The Bertz CT molecular complexity index is 504. The molecule has 0 unspecified atom stereocenters. The summed E-state index contributed by atoms with van der Waals surface area (Å²) in [6.45, 7) is 5.46. The fourth-order valence-electron chi connectivity index (χ4n) is 2.10. The van der Waals surface area contributed by atoms with Gasteiger partial charge in [-0.05, 0) is 18.1 Å². The van der Waals surface area contributed by atoms with Crippen LogP contribution in [0.15, 0.2) is 24.4 Å². The number of pyridine rings is 1. The van der Waals surface area contributed by atoms with Crippen LogP contribution in [0.5, 0.6) is 0 Å². The molecular formula is C13H18BrN3. The highest BCUT2D eigenvalue weighted by Gasteiger charge is 2.14. The molecule has 0 radical (unpaired) electrons. The van der Waals surface area contributed by atoms with E-state index in [1.165, 1.54) is 5.69 Å². The topological polar surface area (TPSA) is 20.5 Å². The van der Waals surface area contributed by atoms with Gasteiger partial charge in [0.2, 0.25) is 0 Å². The van der Waals surface area contributed by atoms with Crippen molar-refractivity contribution in [3.05, 3.63) is 30.1 Å². The smallest absolute Gasteiger partial charge is 0.151 e. The van der Waals surface area contributed by atoms with Crippen LogP contribution in [-0.4, -0.2) is 23.0 Å². The number of fused-ring (bicyclic) bond motifs is 1. The van der Waals surface area contributed by atoms with Crippen molar-refractivity contribution in [1.29, 1.82) is 0 Å². The molecule has 92 valence electrons. The van der Waals surface area contributed by atoms with E-state index in [9.17, 15) is 0 Å². The summed E-state index contributed by atoms with van der Waals surface area (Å²) in [6, 6.07) is 6.10. The van der Waals surface area contributed by atoms with Crippen molar-refractivity contribution in [2.24, 2.45) is 5.92 Å². The number of rotatable bonds is 4. The molecule has 0 fully saturated rings. The molecule has 0 bridgehead atoms. The molecule has 2 aromatic rings. The van der Waals surface area contributed by atoms with Crippen LogP contribution in [0.25, 0.3) is 5.65 Å². The van der Waals surface area contributed by atoms with E-state index in [1.807, 2.05) is 18.2 Å². The summed E-state index contributed by atoms with van der Waals surface area (Å²) in [5.74, 6) is 1.70. The van der Waals surface area contributed by atoms with Crippen molar-refractivity contribution in [2.75, 3.05) is 18.5 Å². The number of nitrogens with zero attached hydrogens (tertiary/aromatic N) is 3. The van der Waals surface area contributed by atoms with Gasteiger partial charge in [0.25, 0.3) is 0 Å². The molecular weight excluding hydrogens is 278 g/mol. The Labute approximate surface area is 111 Å². The van der Waals surface area contributed by atoms with E-state index in [1.54, 1.807) is 0 Å². The van der Waals surface area contributed by atoms with Gasteiger partial charge in [0.15, 0.2) is 5.82 Å². The molecule has 4 heteroatoms. The van der Waals surface area contributed by atoms with Crippen molar-refractivity contribution in [3.8, 4) is 0 Å². The molecule has 0 spiro atoms. The van der Waals surface area contributed by atoms with Gasteiger partial charge >= 0.3 is 0 Å². The van der Waals surface area contributed by atoms with Crippen LogP contribution in [0.2, 0.25) is 0 Å². The molecule has 0 N–H and O–H groups in total. The van der Waals surface area contributed by atoms with E-state index in [2.05, 4.69) is 52.3 Å². The third-order valence-electron chi connectivity index (χ3n) is 2.73. The quantitative estimate of drug-likeness (QED) is 0.807. The Hall–Kier alpha value is -1.03. The van der Waals surface area contributed by atoms with E-state index in [0.29, 0.717) is 5.92 Å². The van der Waals surface area contributed by atoms with Gasteiger partial charge in [-0.25, -0.2) is 4.98 Å². The fraction of sp³-hybridized carbons (Fsp3) is 0.462. The zero-order valence-corrected chi connectivity index (χ0v) is 12.1. The predicted molar refractivity (Wildman–Crippen MR) is 75.9 cm³/mol. The Kier molecular flexibility index (Phi) is 3.72. The first-order valence-corrected chi connectivity index (χ1v) is 6.98. The van der Waals surface area contributed by atoms with E-state index >= 15 is 0 Å². The number of imidazole rings is 1. The first kappa shape index (κ1) is 12.4. The minimum Gasteiger partial charge on any atom is -0.358 e. The number of aromatic nitrogens is 2. The van der Waals surface area contributed by atoms with Crippen molar-refractivity contribution in [2.45, 2.75) is 19.2 Å². The molecule has 0 amide bonds. The summed E-state index contributed by atoms with van der Waals surface area (Å²) in [6.07, 6.45) is 2.06. The minimum absolute atomic E-state index is 0.632. The van der Waals surface area contributed by atoms with Gasteiger partial charge in [0.1, 0.15) is 5.65 Å². The highest BCUT2D eigenvalue weighted by molar-refractivity contribution is 9.08.